The number of allylic oxidation sites excluding steroid dienone is 2. The fourth-order valence-corrected chi connectivity index (χ4v) is 3.93. The first-order chi connectivity index (χ1) is 14.1. The summed E-state index contributed by atoms with van der Waals surface area (Å²) in [5.74, 6) is 0. The minimum absolute atomic E-state index is 0.876. The van der Waals surface area contributed by atoms with Gasteiger partial charge in [-0.15, -0.1) is 0 Å². The van der Waals surface area contributed by atoms with Crippen LogP contribution in [0.3, 0.4) is 0 Å². The molecule has 0 N–H and O–H groups in total. The molecule has 3 rings (SSSR count). The van der Waals surface area contributed by atoms with E-state index in [4.69, 9.17) is 0 Å². The Morgan fingerprint density at radius 3 is 2.03 bits per heavy atom. The summed E-state index contributed by atoms with van der Waals surface area (Å²) in [6, 6.07) is 17.2. The summed E-state index contributed by atoms with van der Waals surface area (Å²) in [5, 5.41) is 0. The van der Waals surface area contributed by atoms with Crippen LogP contribution < -0.4 is 0 Å². The van der Waals surface area contributed by atoms with Crippen molar-refractivity contribution >= 4 is 11.4 Å². The van der Waals surface area contributed by atoms with Crippen LogP contribution in [0.2, 0.25) is 0 Å². The van der Waals surface area contributed by atoms with Crippen molar-refractivity contribution in [1.29, 1.82) is 0 Å². The van der Waals surface area contributed by atoms with Crippen molar-refractivity contribution in [2.45, 2.75) is 72.1 Å². The molecule has 2 heteroatoms. The largest absolute Gasteiger partial charge is 0.493 e. The van der Waals surface area contributed by atoms with Crippen LogP contribution in [0, 0.1) is 6.92 Å². The molecular formula is C27H34N2. The zero-order valence-corrected chi connectivity index (χ0v) is 18.2. The SMILES string of the molecule is CCCCCCC1=C(c2ccc(CCCC)cc2)[N+](=[N-])C(c2ccc(C)cc2)=C1. The highest BCUT2D eigenvalue weighted by atomic mass is 15.2. The maximum Gasteiger partial charge on any atom is 0.210 e. The summed E-state index contributed by atoms with van der Waals surface area (Å²) in [6.45, 7) is 6.56. The molecule has 2 nitrogen and oxygen atoms in total. The van der Waals surface area contributed by atoms with Gasteiger partial charge in [0.1, 0.15) is 0 Å². The Kier molecular flexibility index (Phi) is 7.57. The highest BCUT2D eigenvalue weighted by Crippen LogP contribution is 2.37. The van der Waals surface area contributed by atoms with E-state index in [1.807, 2.05) is 0 Å². The fraction of sp³-hybridized carbons (Fsp3) is 0.407. The predicted molar refractivity (Wildman–Crippen MR) is 124 cm³/mol. The minimum Gasteiger partial charge on any atom is -0.493 e. The molecule has 1 aliphatic rings. The second-order valence-corrected chi connectivity index (χ2v) is 8.19. The van der Waals surface area contributed by atoms with Gasteiger partial charge in [-0.25, -0.2) is 4.70 Å². The van der Waals surface area contributed by atoms with Crippen molar-refractivity contribution in [3.05, 3.63) is 88.0 Å². The molecule has 0 saturated carbocycles. The number of rotatable bonds is 10. The topological polar surface area (TPSA) is 25.3 Å². The van der Waals surface area contributed by atoms with Crippen LogP contribution in [0.15, 0.2) is 60.2 Å². The molecule has 1 aliphatic heterocycles. The Morgan fingerprint density at radius 1 is 0.724 bits per heavy atom. The standard InChI is InChI=1S/C27H34N2/c1-4-6-8-9-11-25-20-26(23-16-12-21(3)13-17-23)29(28)27(25)24-18-14-22(15-19-24)10-7-5-2/h12-20H,4-11H2,1-3H3. The van der Waals surface area contributed by atoms with Gasteiger partial charge >= 0.3 is 0 Å². The molecule has 152 valence electrons. The van der Waals surface area contributed by atoms with E-state index in [9.17, 15) is 5.53 Å². The molecule has 29 heavy (non-hydrogen) atoms. The van der Waals surface area contributed by atoms with E-state index < -0.39 is 0 Å². The molecule has 0 saturated heterocycles. The first-order valence-corrected chi connectivity index (χ1v) is 11.2. The van der Waals surface area contributed by atoms with Crippen molar-refractivity contribution in [3.63, 3.8) is 0 Å². The van der Waals surface area contributed by atoms with Gasteiger partial charge in [0, 0.05) is 22.8 Å². The Bertz CT molecular complexity index is 883. The minimum atomic E-state index is 0.876. The second-order valence-electron chi connectivity index (χ2n) is 8.19. The molecule has 0 radical (unpaired) electrons. The van der Waals surface area contributed by atoms with Crippen LogP contribution in [0.5, 0.6) is 0 Å². The zero-order chi connectivity index (χ0) is 20.6. The van der Waals surface area contributed by atoms with E-state index >= 15 is 0 Å². The van der Waals surface area contributed by atoms with Gasteiger partial charge < -0.3 is 5.53 Å². The predicted octanol–water partition coefficient (Wildman–Crippen LogP) is 8.11. The van der Waals surface area contributed by atoms with Gasteiger partial charge in [0.25, 0.3) is 0 Å². The van der Waals surface area contributed by atoms with Crippen LogP contribution in [-0.4, -0.2) is 4.70 Å². The van der Waals surface area contributed by atoms with Crippen LogP contribution >= 0.6 is 0 Å². The highest BCUT2D eigenvalue weighted by Gasteiger charge is 2.28. The Labute approximate surface area is 176 Å². The second kappa shape index (κ2) is 10.3. The van der Waals surface area contributed by atoms with Gasteiger partial charge in [-0.05, 0) is 62.4 Å². The third kappa shape index (κ3) is 5.32. The summed E-state index contributed by atoms with van der Waals surface area (Å²) in [4.78, 5) is 0. The van der Waals surface area contributed by atoms with Crippen LogP contribution in [0.25, 0.3) is 16.9 Å². The number of aryl methyl sites for hydroxylation is 2. The molecule has 2 aromatic carbocycles. The number of unbranched alkanes of at least 4 members (excludes halogenated alkanes) is 4. The summed E-state index contributed by atoms with van der Waals surface area (Å²) in [5.41, 5.74) is 18.9. The molecule has 0 unspecified atom stereocenters. The maximum absolute atomic E-state index is 11.1. The van der Waals surface area contributed by atoms with E-state index in [1.54, 1.807) is 0 Å². The number of hydrogen-bond donors (Lipinski definition) is 0. The van der Waals surface area contributed by atoms with Crippen molar-refractivity contribution in [2.24, 2.45) is 0 Å². The van der Waals surface area contributed by atoms with Crippen LogP contribution in [0.1, 0.15) is 81.0 Å². The Hall–Kier alpha value is -2.48. The van der Waals surface area contributed by atoms with Crippen molar-refractivity contribution in [2.75, 3.05) is 0 Å². The highest BCUT2D eigenvalue weighted by molar-refractivity contribution is 5.78. The van der Waals surface area contributed by atoms with Crippen molar-refractivity contribution in [1.82, 2.24) is 0 Å². The molecule has 1 heterocycles. The summed E-state index contributed by atoms with van der Waals surface area (Å²) >= 11 is 0. The molecular weight excluding hydrogens is 352 g/mol. The van der Waals surface area contributed by atoms with E-state index in [2.05, 4.69) is 75.4 Å². The monoisotopic (exact) mass is 386 g/mol. The Balaban J connectivity index is 1.88. The first-order valence-electron chi connectivity index (χ1n) is 11.2. The normalized spacial score (nSPS) is 13.9. The first kappa shape index (κ1) is 21.2. The van der Waals surface area contributed by atoms with Gasteiger partial charge in [-0.1, -0.05) is 69.4 Å². The maximum atomic E-state index is 11.1. The molecule has 0 atom stereocenters. The van der Waals surface area contributed by atoms with E-state index in [1.165, 1.54) is 53.5 Å². The number of hydrogen-bond acceptors (Lipinski definition) is 0. The molecule has 0 aliphatic carbocycles. The molecule has 0 amide bonds. The van der Waals surface area contributed by atoms with Crippen LogP contribution in [-0.2, 0) is 6.42 Å². The average Bonchev–Trinajstić information content (AvgIpc) is 3.07. The summed E-state index contributed by atoms with van der Waals surface area (Å²) in [7, 11) is 0. The lowest BCUT2D eigenvalue weighted by Gasteiger charge is -2.10. The summed E-state index contributed by atoms with van der Waals surface area (Å²) < 4.78 is 1.40. The van der Waals surface area contributed by atoms with Gasteiger partial charge in [-0.3, -0.25) is 0 Å². The van der Waals surface area contributed by atoms with E-state index in [0.29, 0.717) is 0 Å². The molecule has 0 fully saturated rings. The smallest absolute Gasteiger partial charge is 0.210 e. The number of nitrogens with zero attached hydrogens (tertiary/aromatic N) is 2. The van der Waals surface area contributed by atoms with Crippen LogP contribution in [0.4, 0.5) is 0 Å². The van der Waals surface area contributed by atoms with Gasteiger partial charge in [-0.2, -0.15) is 0 Å². The average molecular weight is 387 g/mol. The third-order valence-electron chi connectivity index (χ3n) is 5.75. The zero-order valence-electron chi connectivity index (χ0n) is 18.2. The van der Waals surface area contributed by atoms with Gasteiger partial charge in [0.2, 0.25) is 11.4 Å². The lowest BCUT2D eigenvalue weighted by Crippen LogP contribution is -2.02. The van der Waals surface area contributed by atoms with Gasteiger partial charge in [0.15, 0.2) is 0 Å². The van der Waals surface area contributed by atoms with E-state index in [0.717, 1.165) is 41.8 Å². The van der Waals surface area contributed by atoms with Crippen molar-refractivity contribution in [3.8, 4) is 0 Å². The molecule has 0 aromatic heterocycles. The lowest BCUT2D eigenvalue weighted by molar-refractivity contribution is -0.344. The Morgan fingerprint density at radius 2 is 1.38 bits per heavy atom. The van der Waals surface area contributed by atoms with E-state index in [-0.39, 0.29) is 0 Å². The van der Waals surface area contributed by atoms with Gasteiger partial charge in [0.05, 0.1) is 0 Å². The third-order valence-corrected chi connectivity index (χ3v) is 5.75. The fourth-order valence-electron chi connectivity index (χ4n) is 3.93. The molecule has 0 spiro atoms. The quantitative estimate of drug-likeness (QED) is 0.291. The lowest BCUT2D eigenvalue weighted by atomic mass is 10.00. The summed E-state index contributed by atoms with van der Waals surface area (Å²) in [6.07, 6.45) is 11.6. The molecule has 2 aromatic rings. The number of benzene rings is 2. The molecule has 0 bridgehead atoms. The van der Waals surface area contributed by atoms with Crippen molar-refractivity contribution < 1.29 is 4.70 Å².